The fourth-order valence-electron chi connectivity index (χ4n) is 4.34. The van der Waals surface area contributed by atoms with Gasteiger partial charge in [0, 0.05) is 35.8 Å². The lowest BCUT2D eigenvalue weighted by molar-refractivity contribution is -0.142. The van der Waals surface area contributed by atoms with Gasteiger partial charge in [-0.3, -0.25) is 4.79 Å². The number of nitrogens with zero attached hydrogens (tertiary/aromatic N) is 1. The van der Waals surface area contributed by atoms with E-state index in [0.717, 1.165) is 28.4 Å². The van der Waals surface area contributed by atoms with Gasteiger partial charge in [-0.15, -0.1) is 0 Å². The van der Waals surface area contributed by atoms with Crippen LogP contribution < -0.4 is 0 Å². The lowest BCUT2D eigenvalue weighted by Crippen LogP contribution is -2.26. The minimum absolute atomic E-state index is 0.0144. The number of halogens is 3. The molecule has 4 rings (SSSR count). The maximum atomic E-state index is 13.8. The number of carbonyl (C=O) groups is 1. The first-order chi connectivity index (χ1) is 14.5. The van der Waals surface area contributed by atoms with E-state index in [1.54, 1.807) is 6.07 Å². The molecule has 164 valence electrons. The van der Waals surface area contributed by atoms with Gasteiger partial charge >= 0.3 is 12.1 Å². The molecule has 1 aliphatic heterocycles. The maximum Gasteiger partial charge on any atom is 0.416 e. The average Bonchev–Trinajstić information content (AvgIpc) is 3.00. The highest BCUT2D eigenvalue weighted by molar-refractivity contribution is 7.90. The third-order valence-corrected chi connectivity index (χ3v) is 6.97. The van der Waals surface area contributed by atoms with Crippen molar-refractivity contribution in [1.29, 1.82) is 0 Å². The Kier molecular flexibility index (Phi) is 5.12. The summed E-state index contributed by atoms with van der Waals surface area (Å²) in [7, 11) is -3.79. The molecule has 1 aliphatic rings. The number of hydrogen-bond donors (Lipinski definition) is 1. The Morgan fingerprint density at radius 1 is 1.19 bits per heavy atom. The first-order valence-corrected chi connectivity index (χ1v) is 11.6. The number of alkyl halides is 3. The van der Waals surface area contributed by atoms with Crippen LogP contribution in [0.4, 0.5) is 13.2 Å². The number of sulfone groups is 1. The van der Waals surface area contributed by atoms with Crippen LogP contribution in [0.5, 0.6) is 0 Å². The second kappa shape index (κ2) is 7.40. The maximum absolute atomic E-state index is 13.8. The molecule has 0 saturated carbocycles. The highest BCUT2D eigenvalue weighted by Gasteiger charge is 2.35. The predicted molar refractivity (Wildman–Crippen MR) is 109 cm³/mol. The molecule has 1 aromatic heterocycles. The molecule has 0 unspecified atom stereocenters. The molecule has 1 atom stereocenters. The van der Waals surface area contributed by atoms with E-state index in [-0.39, 0.29) is 23.4 Å². The Morgan fingerprint density at radius 3 is 2.55 bits per heavy atom. The van der Waals surface area contributed by atoms with E-state index in [0.29, 0.717) is 18.9 Å². The fraction of sp³-hybridized carbons (Fsp3) is 0.318. The summed E-state index contributed by atoms with van der Waals surface area (Å²) in [6.45, 7) is 0.268. The van der Waals surface area contributed by atoms with Gasteiger partial charge in [0.15, 0.2) is 9.84 Å². The van der Waals surface area contributed by atoms with Crippen molar-refractivity contribution in [3.05, 3.63) is 64.8 Å². The fourth-order valence-corrected chi connectivity index (χ4v) is 4.99. The number of benzene rings is 2. The Balaban J connectivity index is 1.86. The van der Waals surface area contributed by atoms with Crippen molar-refractivity contribution in [2.45, 2.75) is 36.9 Å². The molecule has 3 aromatic rings. The van der Waals surface area contributed by atoms with Gasteiger partial charge in [0.05, 0.1) is 16.4 Å². The molecular formula is C22H20F3NO4S. The lowest BCUT2D eigenvalue weighted by Gasteiger charge is -2.23. The molecule has 0 aliphatic carbocycles. The van der Waals surface area contributed by atoms with Crippen molar-refractivity contribution >= 4 is 26.7 Å². The molecule has 0 radical (unpaired) electrons. The molecule has 0 saturated heterocycles. The van der Waals surface area contributed by atoms with Crippen LogP contribution in [0.25, 0.3) is 10.9 Å². The zero-order valence-electron chi connectivity index (χ0n) is 16.6. The lowest BCUT2D eigenvalue weighted by atomic mass is 9.93. The van der Waals surface area contributed by atoms with Gasteiger partial charge in [-0.1, -0.05) is 24.3 Å². The van der Waals surface area contributed by atoms with Crippen LogP contribution >= 0.6 is 0 Å². The standard InChI is InChI=1S/C22H20F3NO4S/c1-31(29,30)15-8-6-13(18(11-15)22(23,24)25)10-17-16-4-2-3-5-19(16)26-12-14(21(27)28)7-9-20(17)26/h2-6,8,11,14H,7,9-10,12H2,1H3,(H,27,28)/t14-/m1/s1. The van der Waals surface area contributed by atoms with Crippen molar-refractivity contribution in [1.82, 2.24) is 4.57 Å². The van der Waals surface area contributed by atoms with Crippen molar-refractivity contribution in [2.75, 3.05) is 6.26 Å². The quantitative estimate of drug-likeness (QED) is 0.642. The van der Waals surface area contributed by atoms with Crippen LogP contribution in [0, 0.1) is 5.92 Å². The molecule has 2 heterocycles. The second-order valence-electron chi connectivity index (χ2n) is 7.89. The van der Waals surface area contributed by atoms with Crippen molar-refractivity contribution < 1.29 is 31.5 Å². The zero-order valence-corrected chi connectivity index (χ0v) is 17.4. The van der Waals surface area contributed by atoms with Crippen LogP contribution in [-0.2, 0) is 40.2 Å². The number of carboxylic acid groups (broad SMARTS) is 1. The minimum Gasteiger partial charge on any atom is -0.481 e. The van der Waals surface area contributed by atoms with E-state index in [9.17, 15) is 31.5 Å². The van der Waals surface area contributed by atoms with Crippen LogP contribution in [0.15, 0.2) is 47.4 Å². The van der Waals surface area contributed by atoms with E-state index in [4.69, 9.17) is 0 Å². The smallest absolute Gasteiger partial charge is 0.416 e. The normalized spacial score (nSPS) is 17.0. The molecule has 9 heteroatoms. The molecule has 0 fully saturated rings. The summed E-state index contributed by atoms with van der Waals surface area (Å²) in [4.78, 5) is 11.1. The summed E-state index contributed by atoms with van der Waals surface area (Å²) in [6, 6.07) is 10.4. The van der Waals surface area contributed by atoms with Gasteiger partial charge in [0.2, 0.25) is 0 Å². The van der Waals surface area contributed by atoms with Crippen LogP contribution in [0.3, 0.4) is 0 Å². The molecular weight excluding hydrogens is 431 g/mol. The number of para-hydroxylation sites is 1. The summed E-state index contributed by atoms with van der Waals surface area (Å²) in [5.41, 5.74) is 1.36. The summed E-state index contributed by atoms with van der Waals surface area (Å²) < 4.78 is 66.8. The summed E-state index contributed by atoms with van der Waals surface area (Å²) >= 11 is 0. The van der Waals surface area contributed by atoms with Crippen molar-refractivity contribution in [3.63, 3.8) is 0 Å². The Hall–Kier alpha value is -2.81. The number of rotatable bonds is 4. The van der Waals surface area contributed by atoms with Crippen LogP contribution in [0.2, 0.25) is 0 Å². The highest BCUT2D eigenvalue weighted by Crippen LogP contribution is 2.38. The Labute approximate surface area is 177 Å². The third kappa shape index (κ3) is 3.94. The first-order valence-electron chi connectivity index (χ1n) is 9.69. The predicted octanol–water partition coefficient (Wildman–Crippen LogP) is 4.30. The molecule has 0 spiro atoms. The van der Waals surface area contributed by atoms with Gasteiger partial charge in [-0.25, -0.2) is 8.42 Å². The van der Waals surface area contributed by atoms with Gasteiger partial charge in [-0.05, 0) is 42.2 Å². The van der Waals surface area contributed by atoms with Gasteiger partial charge in [-0.2, -0.15) is 13.2 Å². The van der Waals surface area contributed by atoms with E-state index in [2.05, 4.69) is 0 Å². The van der Waals surface area contributed by atoms with Gasteiger partial charge < -0.3 is 9.67 Å². The van der Waals surface area contributed by atoms with E-state index in [1.165, 1.54) is 12.1 Å². The monoisotopic (exact) mass is 451 g/mol. The van der Waals surface area contributed by atoms with Crippen molar-refractivity contribution in [2.24, 2.45) is 5.92 Å². The third-order valence-electron chi connectivity index (χ3n) is 5.86. The molecule has 5 nitrogen and oxygen atoms in total. The zero-order chi connectivity index (χ0) is 22.6. The van der Waals surface area contributed by atoms with Crippen LogP contribution in [0.1, 0.15) is 28.8 Å². The number of fused-ring (bicyclic) bond motifs is 3. The minimum atomic E-state index is -4.71. The molecule has 1 N–H and O–H groups in total. The van der Waals surface area contributed by atoms with E-state index in [1.807, 2.05) is 22.8 Å². The van der Waals surface area contributed by atoms with Crippen molar-refractivity contribution in [3.8, 4) is 0 Å². The number of aromatic nitrogens is 1. The van der Waals surface area contributed by atoms with E-state index < -0.39 is 33.5 Å². The number of aliphatic carboxylic acids is 1. The highest BCUT2D eigenvalue weighted by atomic mass is 32.2. The SMILES string of the molecule is CS(=O)(=O)c1ccc(Cc2c3n(c4ccccc24)C[C@H](C(=O)O)CC3)c(C(F)(F)F)c1. The summed E-state index contributed by atoms with van der Waals surface area (Å²) in [5, 5.41) is 10.2. The number of hydrogen-bond acceptors (Lipinski definition) is 3. The molecule has 0 bridgehead atoms. The second-order valence-corrected chi connectivity index (χ2v) is 9.91. The topological polar surface area (TPSA) is 76.4 Å². The number of carboxylic acids is 1. The first kappa shape index (κ1) is 21.4. The molecule has 2 aromatic carbocycles. The Bertz CT molecular complexity index is 1290. The van der Waals surface area contributed by atoms with Gasteiger partial charge in [0.25, 0.3) is 0 Å². The average molecular weight is 451 g/mol. The summed E-state index contributed by atoms with van der Waals surface area (Å²) in [6.07, 6.45) is -3.00. The Morgan fingerprint density at radius 2 is 1.90 bits per heavy atom. The molecule has 31 heavy (non-hydrogen) atoms. The van der Waals surface area contributed by atoms with Gasteiger partial charge in [0.1, 0.15) is 0 Å². The largest absolute Gasteiger partial charge is 0.481 e. The molecule has 0 amide bonds. The van der Waals surface area contributed by atoms with Crippen LogP contribution in [-0.4, -0.2) is 30.3 Å². The summed E-state index contributed by atoms with van der Waals surface area (Å²) in [5.74, 6) is -1.43. The van der Waals surface area contributed by atoms with E-state index >= 15 is 0 Å².